The molecule has 2 heterocycles. The molecule has 2 amide bonds. The molecule has 2 fully saturated rings. The fourth-order valence-electron chi connectivity index (χ4n) is 4.17. The van der Waals surface area contributed by atoms with Crippen molar-refractivity contribution in [1.29, 1.82) is 0 Å². The van der Waals surface area contributed by atoms with Gasteiger partial charge >= 0.3 is 0 Å². The van der Waals surface area contributed by atoms with E-state index >= 15 is 0 Å². The number of rotatable bonds is 8. The smallest absolute Gasteiger partial charge is 0.238 e. The van der Waals surface area contributed by atoms with Gasteiger partial charge in [0.25, 0.3) is 0 Å². The van der Waals surface area contributed by atoms with Crippen LogP contribution in [0.4, 0.5) is 11.4 Å². The van der Waals surface area contributed by atoms with Crippen LogP contribution in [0.5, 0.6) is 11.5 Å². The van der Waals surface area contributed by atoms with Crippen LogP contribution in [-0.2, 0) is 9.59 Å². The van der Waals surface area contributed by atoms with Crippen LogP contribution in [0.15, 0.2) is 48.5 Å². The van der Waals surface area contributed by atoms with Gasteiger partial charge in [0.1, 0.15) is 11.5 Å². The van der Waals surface area contributed by atoms with E-state index in [9.17, 15) is 9.59 Å². The molecule has 0 bridgehead atoms. The lowest BCUT2D eigenvalue weighted by Gasteiger charge is -2.31. The number of anilines is 2. The summed E-state index contributed by atoms with van der Waals surface area (Å²) in [7, 11) is 4.20. The summed E-state index contributed by atoms with van der Waals surface area (Å²) in [6.45, 7) is 8.42. The van der Waals surface area contributed by atoms with Gasteiger partial charge in [0.05, 0.1) is 13.1 Å². The first kappa shape index (κ1) is 25.1. The maximum Gasteiger partial charge on any atom is 0.238 e. The molecule has 2 aliphatic heterocycles. The van der Waals surface area contributed by atoms with E-state index in [1.165, 1.54) is 0 Å². The molecule has 35 heavy (non-hydrogen) atoms. The monoisotopic (exact) mass is 480 g/mol. The average Bonchev–Trinajstić information content (AvgIpc) is 2.84. The molecule has 0 spiro atoms. The van der Waals surface area contributed by atoms with Gasteiger partial charge in [-0.2, -0.15) is 0 Å². The van der Waals surface area contributed by atoms with Crippen LogP contribution < -0.4 is 15.4 Å². The van der Waals surface area contributed by atoms with E-state index < -0.39 is 0 Å². The first-order valence-corrected chi connectivity index (χ1v) is 12.2. The Balaban J connectivity index is 1.20. The van der Waals surface area contributed by atoms with E-state index in [0.717, 1.165) is 63.7 Å². The number of hydrogen-bond donors (Lipinski definition) is 2. The molecule has 0 radical (unpaired) electrons. The van der Waals surface area contributed by atoms with Crippen LogP contribution in [0.25, 0.3) is 0 Å². The Bertz CT molecular complexity index is 886. The number of carbonyl (C=O) groups excluding carboxylic acids is 2. The lowest BCUT2D eigenvalue weighted by atomic mass is 10.2. The minimum Gasteiger partial charge on any atom is -0.457 e. The van der Waals surface area contributed by atoms with Crippen LogP contribution in [0, 0.1) is 0 Å². The minimum absolute atomic E-state index is 0.00604. The number of likely N-dealkylation sites (N-methyl/N-ethyl adjacent to an activating group) is 2. The number of nitrogens with zero attached hydrogens (tertiary/aromatic N) is 4. The number of hydrogen-bond acceptors (Lipinski definition) is 7. The zero-order valence-corrected chi connectivity index (χ0v) is 20.7. The van der Waals surface area contributed by atoms with Crippen LogP contribution in [0.3, 0.4) is 0 Å². The molecule has 188 valence electrons. The molecule has 2 aromatic rings. The number of carbonyl (C=O) groups is 2. The van der Waals surface area contributed by atoms with E-state index in [-0.39, 0.29) is 11.8 Å². The summed E-state index contributed by atoms with van der Waals surface area (Å²) in [6.07, 6.45) is 0. The maximum atomic E-state index is 12.3. The Kier molecular flexibility index (Phi) is 8.70. The normalized spacial score (nSPS) is 18.2. The van der Waals surface area contributed by atoms with E-state index in [1.54, 1.807) is 0 Å². The number of nitrogens with one attached hydrogen (secondary N) is 2. The van der Waals surface area contributed by atoms with E-state index in [2.05, 4.69) is 44.3 Å². The molecule has 2 aromatic carbocycles. The average molecular weight is 481 g/mol. The van der Waals surface area contributed by atoms with Gasteiger partial charge in [0.15, 0.2) is 0 Å². The predicted octanol–water partition coefficient (Wildman–Crippen LogP) is 1.85. The highest BCUT2D eigenvalue weighted by atomic mass is 16.5. The van der Waals surface area contributed by atoms with Crippen molar-refractivity contribution in [3.8, 4) is 11.5 Å². The summed E-state index contributed by atoms with van der Waals surface area (Å²) >= 11 is 0. The molecule has 4 rings (SSSR count). The van der Waals surface area contributed by atoms with E-state index in [4.69, 9.17) is 4.74 Å². The van der Waals surface area contributed by atoms with Gasteiger partial charge in [0, 0.05) is 63.7 Å². The molecule has 0 unspecified atom stereocenters. The van der Waals surface area contributed by atoms with Crippen molar-refractivity contribution in [2.24, 2.45) is 0 Å². The van der Waals surface area contributed by atoms with Gasteiger partial charge in [-0.05, 0) is 62.6 Å². The number of piperazine rings is 2. The lowest BCUT2D eigenvalue weighted by Crippen LogP contribution is -2.47. The quantitative estimate of drug-likeness (QED) is 0.597. The van der Waals surface area contributed by atoms with Gasteiger partial charge in [-0.3, -0.25) is 19.4 Å². The summed E-state index contributed by atoms with van der Waals surface area (Å²) in [5, 5.41) is 5.91. The summed E-state index contributed by atoms with van der Waals surface area (Å²) in [5.41, 5.74) is 1.49. The second-order valence-corrected chi connectivity index (χ2v) is 9.41. The molecule has 9 heteroatoms. The molecular weight excluding hydrogens is 444 g/mol. The highest BCUT2D eigenvalue weighted by Gasteiger charge is 2.17. The zero-order valence-electron chi connectivity index (χ0n) is 20.7. The molecule has 0 aromatic heterocycles. The number of benzene rings is 2. The van der Waals surface area contributed by atoms with Crippen molar-refractivity contribution in [3.63, 3.8) is 0 Å². The van der Waals surface area contributed by atoms with Crippen LogP contribution in [0.2, 0.25) is 0 Å². The molecule has 0 aliphatic carbocycles. The second-order valence-electron chi connectivity index (χ2n) is 9.41. The summed E-state index contributed by atoms with van der Waals surface area (Å²) in [4.78, 5) is 33.6. The third-order valence-electron chi connectivity index (χ3n) is 6.44. The largest absolute Gasteiger partial charge is 0.457 e. The minimum atomic E-state index is -0.00604. The lowest BCUT2D eigenvalue weighted by molar-refractivity contribution is -0.118. The van der Waals surface area contributed by atoms with Gasteiger partial charge in [0.2, 0.25) is 11.8 Å². The van der Waals surface area contributed by atoms with Gasteiger partial charge in [-0.1, -0.05) is 0 Å². The van der Waals surface area contributed by atoms with Crippen LogP contribution >= 0.6 is 0 Å². The van der Waals surface area contributed by atoms with Crippen molar-refractivity contribution in [3.05, 3.63) is 48.5 Å². The van der Waals surface area contributed by atoms with Crippen molar-refractivity contribution in [2.75, 3.05) is 90.2 Å². The molecule has 2 saturated heterocycles. The molecule has 0 atom stereocenters. The predicted molar refractivity (Wildman–Crippen MR) is 138 cm³/mol. The summed E-state index contributed by atoms with van der Waals surface area (Å²) in [6, 6.07) is 14.7. The first-order valence-electron chi connectivity index (χ1n) is 12.2. The van der Waals surface area contributed by atoms with Crippen molar-refractivity contribution in [1.82, 2.24) is 19.6 Å². The van der Waals surface area contributed by atoms with Crippen LogP contribution in [-0.4, -0.2) is 111 Å². The maximum absolute atomic E-state index is 12.3. The highest BCUT2D eigenvalue weighted by molar-refractivity contribution is 5.92. The molecular formula is C26H36N6O3. The van der Waals surface area contributed by atoms with Crippen molar-refractivity contribution in [2.45, 2.75) is 0 Å². The molecule has 9 nitrogen and oxygen atoms in total. The zero-order chi connectivity index (χ0) is 24.6. The summed E-state index contributed by atoms with van der Waals surface area (Å²) < 4.78 is 5.91. The van der Waals surface area contributed by atoms with E-state index in [1.807, 2.05) is 48.5 Å². The van der Waals surface area contributed by atoms with Crippen LogP contribution in [0.1, 0.15) is 0 Å². The highest BCUT2D eigenvalue weighted by Crippen LogP contribution is 2.24. The number of amides is 2. The first-order chi connectivity index (χ1) is 16.9. The SMILES string of the molecule is CN1CCN(CC(=O)Nc2ccc(Oc3ccc(NC(=O)CN4CCN(C)CC4)cc3)cc2)CC1. The second kappa shape index (κ2) is 12.1. The Labute approximate surface area is 207 Å². The van der Waals surface area contributed by atoms with Gasteiger partial charge in [-0.25, -0.2) is 0 Å². The van der Waals surface area contributed by atoms with Gasteiger partial charge in [-0.15, -0.1) is 0 Å². The molecule has 2 N–H and O–H groups in total. The molecule has 2 aliphatic rings. The Morgan fingerprint density at radius 2 is 0.971 bits per heavy atom. The fraction of sp³-hybridized carbons (Fsp3) is 0.462. The van der Waals surface area contributed by atoms with E-state index in [0.29, 0.717) is 24.6 Å². The summed E-state index contributed by atoms with van der Waals surface area (Å²) in [5.74, 6) is 1.34. The van der Waals surface area contributed by atoms with Gasteiger partial charge < -0.3 is 25.2 Å². The Morgan fingerprint density at radius 1 is 0.629 bits per heavy atom. The topological polar surface area (TPSA) is 80.4 Å². The fourth-order valence-corrected chi connectivity index (χ4v) is 4.17. The standard InChI is InChI=1S/C26H36N6O3/c1-29-11-15-31(16-12-29)19-25(33)27-21-3-7-23(8-4-21)35-24-9-5-22(6-10-24)28-26(34)20-32-17-13-30(2)14-18-32/h3-10H,11-20H2,1-2H3,(H,27,33)(H,28,34). The molecule has 0 saturated carbocycles. The Morgan fingerprint density at radius 3 is 1.31 bits per heavy atom. The van der Waals surface area contributed by atoms with Crippen molar-refractivity contribution >= 4 is 23.2 Å². The third-order valence-corrected chi connectivity index (χ3v) is 6.44. The van der Waals surface area contributed by atoms with Crippen molar-refractivity contribution < 1.29 is 14.3 Å². The third kappa shape index (κ3) is 8.03. The Hall–Kier alpha value is -2.98. The number of ether oxygens (including phenoxy) is 1.